The molecule has 0 saturated heterocycles. The Morgan fingerprint density at radius 2 is 2.16 bits per heavy atom. The van der Waals surface area contributed by atoms with E-state index in [2.05, 4.69) is 53.0 Å². The molecule has 0 saturated carbocycles. The number of hydrogen-bond acceptors (Lipinski definition) is 3. The van der Waals surface area contributed by atoms with Crippen LogP contribution in [0.4, 0.5) is 0 Å². The third-order valence-electron chi connectivity index (χ3n) is 3.01. The van der Waals surface area contributed by atoms with Crippen LogP contribution in [0.2, 0.25) is 0 Å². The van der Waals surface area contributed by atoms with Gasteiger partial charge in [-0.2, -0.15) is 5.10 Å². The Kier molecular flexibility index (Phi) is 4.37. The minimum absolute atomic E-state index is 0.481. The second kappa shape index (κ2) is 6.02. The average Bonchev–Trinajstić information content (AvgIpc) is 2.94. The molecule has 19 heavy (non-hydrogen) atoms. The molecule has 2 heterocycles. The first kappa shape index (κ1) is 13.8. The summed E-state index contributed by atoms with van der Waals surface area (Å²) in [6, 6.07) is 2.62. The van der Waals surface area contributed by atoms with Gasteiger partial charge in [-0.1, -0.05) is 13.8 Å². The lowest BCUT2D eigenvalue weighted by Crippen LogP contribution is -2.21. The van der Waals surface area contributed by atoms with Crippen LogP contribution in [0.3, 0.4) is 0 Å². The number of rotatable bonds is 6. The Hall–Kier alpha value is -1.62. The maximum atomic E-state index is 4.46. The summed E-state index contributed by atoms with van der Waals surface area (Å²) < 4.78 is 4.15. The van der Waals surface area contributed by atoms with Gasteiger partial charge in [0.2, 0.25) is 0 Å². The molecule has 0 fully saturated rings. The standard InChI is InChI=1S/C14H23N5/c1-5-19-14(6-12(4)17-19)9-18-8-13(16-10-18)7-15-11(2)3/h6,8,10-11,15H,5,7,9H2,1-4H3. The number of nitrogens with zero attached hydrogens (tertiary/aromatic N) is 4. The summed E-state index contributed by atoms with van der Waals surface area (Å²) in [6.45, 7) is 11.0. The molecular weight excluding hydrogens is 238 g/mol. The van der Waals surface area contributed by atoms with Crippen molar-refractivity contribution < 1.29 is 0 Å². The van der Waals surface area contributed by atoms with E-state index in [1.165, 1.54) is 5.69 Å². The third-order valence-corrected chi connectivity index (χ3v) is 3.01. The molecule has 2 aromatic heterocycles. The molecule has 5 heteroatoms. The molecule has 0 amide bonds. The van der Waals surface area contributed by atoms with Crippen LogP contribution in [0.15, 0.2) is 18.6 Å². The zero-order valence-corrected chi connectivity index (χ0v) is 12.2. The molecule has 0 aromatic carbocycles. The predicted octanol–water partition coefficient (Wildman–Crippen LogP) is 1.95. The Labute approximate surface area is 114 Å². The largest absolute Gasteiger partial charge is 0.331 e. The van der Waals surface area contributed by atoms with E-state index >= 15 is 0 Å². The van der Waals surface area contributed by atoms with Gasteiger partial charge in [-0.3, -0.25) is 4.68 Å². The van der Waals surface area contributed by atoms with Crippen LogP contribution >= 0.6 is 0 Å². The van der Waals surface area contributed by atoms with Crippen LogP contribution in [0.5, 0.6) is 0 Å². The van der Waals surface area contributed by atoms with E-state index in [0.717, 1.165) is 31.0 Å². The first-order chi connectivity index (χ1) is 9.08. The molecule has 104 valence electrons. The molecule has 0 spiro atoms. The van der Waals surface area contributed by atoms with Crippen molar-refractivity contribution in [2.45, 2.75) is 53.4 Å². The Morgan fingerprint density at radius 3 is 2.84 bits per heavy atom. The van der Waals surface area contributed by atoms with Gasteiger partial charge >= 0.3 is 0 Å². The van der Waals surface area contributed by atoms with Crippen molar-refractivity contribution in [1.82, 2.24) is 24.6 Å². The Balaban J connectivity index is 2.03. The maximum absolute atomic E-state index is 4.46. The highest BCUT2D eigenvalue weighted by Gasteiger charge is 2.06. The minimum Gasteiger partial charge on any atom is -0.331 e. The monoisotopic (exact) mass is 261 g/mol. The van der Waals surface area contributed by atoms with Crippen molar-refractivity contribution in [2.24, 2.45) is 0 Å². The summed E-state index contributed by atoms with van der Waals surface area (Å²) in [6.07, 6.45) is 3.98. The van der Waals surface area contributed by atoms with E-state index in [-0.39, 0.29) is 0 Å². The second-order valence-corrected chi connectivity index (χ2v) is 5.17. The van der Waals surface area contributed by atoms with Crippen LogP contribution in [0, 0.1) is 6.92 Å². The van der Waals surface area contributed by atoms with E-state index in [0.29, 0.717) is 6.04 Å². The van der Waals surface area contributed by atoms with Gasteiger partial charge in [0.25, 0.3) is 0 Å². The van der Waals surface area contributed by atoms with Gasteiger partial charge in [-0.25, -0.2) is 4.98 Å². The average molecular weight is 261 g/mol. The van der Waals surface area contributed by atoms with Crippen LogP contribution in [0.1, 0.15) is 37.9 Å². The first-order valence-corrected chi connectivity index (χ1v) is 6.86. The molecule has 5 nitrogen and oxygen atoms in total. The lowest BCUT2D eigenvalue weighted by molar-refractivity contribution is 0.581. The van der Waals surface area contributed by atoms with Crippen molar-refractivity contribution in [3.05, 3.63) is 35.7 Å². The van der Waals surface area contributed by atoms with E-state index in [1.54, 1.807) is 0 Å². The molecule has 0 aliphatic rings. The molecule has 0 radical (unpaired) electrons. The predicted molar refractivity (Wildman–Crippen MR) is 75.9 cm³/mol. The molecule has 0 bridgehead atoms. The SMILES string of the molecule is CCn1nc(C)cc1Cn1cnc(CNC(C)C)c1. The quantitative estimate of drug-likeness (QED) is 0.864. The van der Waals surface area contributed by atoms with E-state index in [4.69, 9.17) is 0 Å². The van der Waals surface area contributed by atoms with Gasteiger partial charge in [0.15, 0.2) is 0 Å². The summed E-state index contributed by atoms with van der Waals surface area (Å²) in [5, 5.41) is 7.83. The summed E-state index contributed by atoms with van der Waals surface area (Å²) in [7, 11) is 0. The molecule has 2 aromatic rings. The van der Waals surface area contributed by atoms with E-state index < -0.39 is 0 Å². The lowest BCUT2D eigenvalue weighted by Gasteiger charge is -2.06. The van der Waals surface area contributed by atoms with Crippen molar-refractivity contribution in [3.63, 3.8) is 0 Å². The summed E-state index contributed by atoms with van der Waals surface area (Å²) in [5.74, 6) is 0. The molecule has 0 aliphatic carbocycles. The van der Waals surface area contributed by atoms with Crippen LogP contribution in [-0.2, 0) is 19.6 Å². The second-order valence-electron chi connectivity index (χ2n) is 5.17. The number of aryl methyl sites for hydroxylation is 2. The van der Waals surface area contributed by atoms with E-state index in [9.17, 15) is 0 Å². The molecule has 2 rings (SSSR count). The van der Waals surface area contributed by atoms with Gasteiger partial charge < -0.3 is 9.88 Å². The number of nitrogens with one attached hydrogen (secondary N) is 1. The van der Waals surface area contributed by atoms with Gasteiger partial charge in [0.05, 0.1) is 30.0 Å². The molecule has 0 atom stereocenters. The Morgan fingerprint density at radius 1 is 1.37 bits per heavy atom. The van der Waals surface area contributed by atoms with Crippen molar-refractivity contribution in [3.8, 4) is 0 Å². The first-order valence-electron chi connectivity index (χ1n) is 6.86. The topological polar surface area (TPSA) is 47.7 Å². The van der Waals surface area contributed by atoms with E-state index in [1.807, 2.05) is 17.9 Å². The number of aromatic nitrogens is 4. The minimum atomic E-state index is 0.481. The van der Waals surface area contributed by atoms with Crippen molar-refractivity contribution >= 4 is 0 Å². The van der Waals surface area contributed by atoms with Crippen LogP contribution in [-0.4, -0.2) is 25.4 Å². The molecule has 1 N–H and O–H groups in total. The molecular formula is C14H23N5. The van der Waals surface area contributed by atoms with Crippen LogP contribution < -0.4 is 5.32 Å². The summed E-state index contributed by atoms with van der Waals surface area (Å²) in [5.41, 5.74) is 3.37. The fourth-order valence-corrected chi connectivity index (χ4v) is 2.08. The lowest BCUT2D eigenvalue weighted by atomic mass is 10.3. The van der Waals surface area contributed by atoms with Gasteiger partial charge in [-0.05, 0) is 19.9 Å². The summed E-state index contributed by atoms with van der Waals surface area (Å²) >= 11 is 0. The van der Waals surface area contributed by atoms with Gasteiger partial charge in [0.1, 0.15) is 0 Å². The number of hydrogen-bond donors (Lipinski definition) is 1. The Bertz CT molecular complexity index is 524. The molecule has 0 aliphatic heterocycles. The van der Waals surface area contributed by atoms with Crippen molar-refractivity contribution in [2.75, 3.05) is 0 Å². The highest BCUT2D eigenvalue weighted by Crippen LogP contribution is 2.07. The third kappa shape index (κ3) is 3.67. The van der Waals surface area contributed by atoms with Gasteiger partial charge in [0, 0.05) is 25.3 Å². The van der Waals surface area contributed by atoms with Crippen LogP contribution in [0.25, 0.3) is 0 Å². The maximum Gasteiger partial charge on any atom is 0.0953 e. The number of imidazole rings is 1. The smallest absolute Gasteiger partial charge is 0.0953 e. The van der Waals surface area contributed by atoms with Gasteiger partial charge in [-0.15, -0.1) is 0 Å². The highest BCUT2D eigenvalue weighted by molar-refractivity contribution is 5.10. The fraction of sp³-hybridized carbons (Fsp3) is 0.571. The zero-order chi connectivity index (χ0) is 13.8. The van der Waals surface area contributed by atoms with Crippen molar-refractivity contribution in [1.29, 1.82) is 0 Å². The molecule has 0 unspecified atom stereocenters. The normalized spacial score (nSPS) is 11.4. The summed E-state index contributed by atoms with van der Waals surface area (Å²) in [4.78, 5) is 4.42. The highest BCUT2D eigenvalue weighted by atomic mass is 15.3. The zero-order valence-electron chi connectivity index (χ0n) is 12.2. The fourth-order valence-electron chi connectivity index (χ4n) is 2.08.